The minimum absolute atomic E-state index is 0.0431. The normalized spacial score (nSPS) is 13.1. The quantitative estimate of drug-likeness (QED) is 0.123. The molecule has 0 heterocycles. The summed E-state index contributed by atoms with van der Waals surface area (Å²) < 4.78 is 0. The van der Waals surface area contributed by atoms with E-state index in [1.54, 1.807) is 5.56 Å². The van der Waals surface area contributed by atoms with Gasteiger partial charge in [-0.15, -0.1) is 0 Å². The minimum atomic E-state index is 0.0431. The van der Waals surface area contributed by atoms with Crippen molar-refractivity contribution in [1.82, 2.24) is 0 Å². The van der Waals surface area contributed by atoms with Gasteiger partial charge in [-0.2, -0.15) is 0 Å². The van der Waals surface area contributed by atoms with Crippen LogP contribution in [0.4, 0.5) is 11.4 Å². The maximum atomic E-state index is 2.57. The lowest BCUT2D eigenvalue weighted by atomic mass is 9.77. The van der Waals surface area contributed by atoms with E-state index in [1.807, 2.05) is 0 Å². The van der Waals surface area contributed by atoms with Gasteiger partial charge in [-0.25, -0.2) is 0 Å². The summed E-state index contributed by atoms with van der Waals surface area (Å²) in [5.74, 6) is 0. The molecular formula is C44H55N. The molecule has 0 bridgehead atoms. The van der Waals surface area contributed by atoms with Crippen LogP contribution in [0.5, 0.6) is 0 Å². The molecule has 0 fully saturated rings. The van der Waals surface area contributed by atoms with Crippen LogP contribution < -0.4 is 4.90 Å². The third-order valence-corrected chi connectivity index (χ3v) is 11.1. The SMILES string of the molecule is CCC(C)(CC)c1ccc(-c2ccc(N(c3ccc(CCCC/C=C/c4ccc5c(c4)CC5)cc3)C(C)(CC)CC)cc2)cc1. The van der Waals surface area contributed by atoms with Gasteiger partial charge < -0.3 is 4.90 Å². The van der Waals surface area contributed by atoms with Crippen molar-refractivity contribution in [3.63, 3.8) is 0 Å². The fourth-order valence-corrected chi connectivity index (χ4v) is 6.81. The van der Waals surface area contributed by atoms with Gasteiger partial charge in [0.1, 0.15) is 0 Å². The predicted octanol–water partition coefficient (Wildman–Crippen LogP) is 12.7. The summed E-state index contributed by atoms with van der Waals surface area (Å²) in [6.07, 6.45) is 16.4. The molecule has 4 aromatic rings. The fraction of sp³-hybridized carbons (Fsp3) is 0.409. The van der Waals surface area contributed by atoms with Crippen LogP contribution in [0.25, 0.3) is 17.2 Å². The highest BCUT2D eigenvalue weighted by molar-refractivity contribution is 5.71. The van der Waals surface area contributed by atoms with Crippen molar-refractivity contribution in [3.8, 4) is 11.1 Å². The van der Waals surface area contributed by atoms with E-state index in [2.05, 4.69) is 150 Å². The van der Waals surface area contributed by atoms with Crippen LogP contribution >= 0.6 is 0 Å². The van der Waals surface area contributed by atoms with Crippen LogP contribution in [0, 0.1) is 0 Å². The molecule has 0 spiro atoms. The number of aryl methyl sites for hydroxylation is 3. The molecule has 0 saturated carbocycles. The van der Waals surface area contributed by atoms with E-state index in [4.69, 9.17) is 0 Å². The van der Waals surface area contributed by atoms with Crippen molar-refractivity contribution in [2.75, 3.05) is 4.90 Å². The highest BCUT2D eigenvalue weighted by atomic mass is 15.2. The van der Waals surface area contributed by atoms with Gasteiger partial charge in [0.2, 0.25) is 0 Å². The molecule has 0 amide bonds. The van der Waals surface area contributed by atoms with Gasteiger partial charge in [-0.1, -0.05) is 114 Å². The smallest absolute Gasteiger partial charge is 0.0418 e. The van der Waals surface area contributed by atoms with Gasteiger partial charge in [-0.3, -0.25) is 0 Å². The van der Waals surface area contributed by atoms with E-state index < -0.39 is 0 Å². The zero-order chi connectivity index (χ0) is 31.9. The lowest BCUT2D eigenvalue weighted by molar-refractivity contribution is 0.428. The van der Waals surface area contributed by atoms with E-state index in [9.17, 15) is 0 Å². The summed E-state index contributed by atoms with van der Waals surface area (Å²) in [5, 5.41) is 0. The number of nitrogens with zero attached hydrogens (tertiary/aromatic N) is 1. The van der Waals surface area contributed by atoms with Crippen LogP contribution in [0.3, 0.4) is 0 Å². The first-order valence-corrected chi connectivity index (χ1v) is 17.7. The van der Waals surface area contributed by atoms with Gasteiger partial charge in [0.05, 0.1) is 0 Å². The van der Waals surface area contributed by atoms with Crippen molar-refractivity contribution in [1.29, 1.82) is 0 Å². The Morgan fingerprint density at radius 2 is 1.20 bits per heavy atom. The first-order valence-electron chi connectivity index (χ1n) is 17.7. The van der Waals surface area contributed by atoms with E-state index in [0.717, 1.165) is 38.5 Å². The molecule has 1 aliphatic rings. The third kappa shape index (κ3) is 7.46. The van der Waals surface area contributed by atoms with Crippen LogP contribution in [-0.4, -0.2) is 5.54 Å². The Hall–Kier alpha value is -3.58. The van der Waals surface area contributed by atoms with E-state index >= 15 is 0 Å². The highest BCUT2D eigenvalue weighted by Gasteiger charge is 2.30. The Morgan fingerprint density at radius 1 is 0.622 bits per heavy atom. The van der Waals surface area contributed by atoms with Crippen LogP contribution in [0.15, 0.2) is 97.1 Å². The van der Waals surface area contributed by atoms with Crippen LogP contribution in [-0.2, 0) is 24.7 Å². The minimum Gasteiger partial charge on any atom is -0.336 e. The number of unbranched alkanes of at least 4 members (excludes halogenated alkanes) is 2. The number of benzene rings is 4. The first-order chi connectivity index (χ1) is 21.8. The Balaban J connectivity index is 1.23. The second-order valence-corrected chi connectivity index (χ2v) is 13.8. The van der Waals surface area contributed by atoms with Crippen molar-refractivity contribution >= 4 is 17.5 Å². The standard InChI is InChI=1S/C44H55N/c1-7-43(5,8-2)40-27-23-36(24-28-40)37-25-31-42(32-26-37)45(44(6,9-3)10-4)41-29-18-34(19-30-41)15-13-11-12-14-16-35-17-20-38-21-22-39(38)33-35/h14,16-20,23-33H,7-13,15,21-22H2,1-6H3/b16-14+. The summed E-state index contributed by atoms with van der Waals surface area (Å²) in [4.78, 5) is 2.57. The van der Waals surface area contributed by atoms with Crippen molar-refractivity contribution in [3.05, 3.63) is 125 Å². The zero-order valence-electron chi connectivity index (χ0n) is 28.8. The predicted molar refractivity (Wildman–Crippen MR) is 198 cm³/mol. The second-order valence-electron chi connectivity index (χ2n) is 13.8. The molecular weight excluding hydrogens is 542 g/mol. The Bertz CT molecular complexity index is 1530. The average Bonchev–Trinajstić information content (AvgIpc) is 3.08. The summed E-state index contributed by atoms with van der Waals surface area (Å²) in [5.41, 5.74) is 12.7. The molecule has 0 saturated heterocycles. The van der Waals surface area contributed by atoms with Crippen molar-refractivity contribution in [2.24, 2.45) is 0 Å². The molecule has 0 atom stereocenters. The van der Waals surface area contributed by atoms with E-state index in [0.29, 0.717) is 0 Å². The molecule has 1 aliphatic carbocycles. The van der Waals surface area contributed by atoms with Crippen LogP contribution in [0.2, 0.25) is 0 Å². The van der Waals surface area contributed by atoms with Crippen LogP contribution in [0.1, 0.15) is 114 Å². The van der Waals surface area contributed by atoms with Gasteiger partial charge in [0.25, 0.3) is 0 Å². The Morgan fingerprint density at radius 3 is 1.73 bits per heavy atom. The topological polar surface area (TPSA) is 3.24 Å². The maximum Gasteiger partial charge on any atom is 0.0418 e. The van der Waals surface area contributed by atoms with Crippen molar-refractivity contribution < 1.29 is 0 Å². The lowest BCUT2D eigenvalue weighted by Crippen LogP contribution is -2.42. The number of anilines is 2. The summed E-state index contributed by atoms with van der Waals surface area (Å²) in [6.45, 7) is 14.0. The summed E-state index contributed by atoms with van der Waals surface area (Å²) >= 11 is 0. The van der Waals surface area contributed by atoms with Gasteiger partial charge in [0.15, 0.2) is 0 Å². The van der Waals surface area contributed by atoms with Crippen molar-refractivity contribution in [2.45, 2.75) is 117 Å². The number of hydrogen-bond donors (Lipinski definition) is 0. The van der Waals surface area contributed by atoms with E-state index in [1.165, 1.54) is 70.4 Å². The number of fused-ring (bicyclic) bond motifs is 1. The molecule has 1 heteroatoms. The molecule has 0 aliphatic heterocycles. The summed E-state index contributed by atoms with van der Waals surface area (Å²) in [6, 6.07) is 34.8. The molecule has 0 aromatic heterocycles. The molecule has 1 nitrogen and oxygen atoms in total. The monoisotopic (exact) mass is 597 g/mol. The van der Waals surface area contributed by atoms with E-state index in [-0.39, 0.29) is 11.0 Å². The first kappa shape index (κ1) is 32.8. The molecule has 5 rings (SSSR count). The number of rotatable bonds is 15. The fourth-order valence-electron chi connectivity index (χ4n) is 6.81. The molecule has 0 radical (unpaired) electrons. The molecule has 0 unspecified atom stereocenters. The lowest BCUT2D eigenvalue weighted by Gasteiger charge is -2.42. The van der Waals surface area contributed by atoms with Gasteiger partial charge in [-0.05, 0) is 140 Å². The number of hydrogen-bond acceptors (Lipinski definition) is 1. The molecule has 45 heavy (non-hydrogen) atoms. The maximum absolute atomic E-state index is 2.57. The summed E-state index contributed by atoms with van der Waals surface area (Å²) in [7, 11) is 0. The molecule has 236 valence electrons. The highest BCUT2D eigenvalue weighted by Crippen LogP contribution is 2.39. The average molecular weight is 598 g/mol. The number of allylic oxidation sites excluding steroid dienone is 1. The second kappa shape index (κ2) is 14.7. The molecule has 0 N–H and O–H groups in total. The Kier molecular flexibility index (Phi) is 10.7. The largest absolute Gasteiger partial charge is 0.336 e. The van der Waals surface area contributed by atoms with Gasteiger partial charge in [0, 0.05) is 16.9 Å². The van der Waals surface area contributed by atoms with Gasteiger partial charge >= 0.3 is 0 Å². The third-order valence-electron chi connectivity index (χ3n) is 11.1. The Labute approximate surface area is 274 Å². The zero-order valence-corrected chi connectivity index (χ0v) is 28.8. The molecule has 4 aromatic carbocycles.